The molecule has 0 aromatic carbocycles. The fourth-order valence-electron chi connectivity index (χ4n) is 4.38. The lowest BCUT2D eigenvalue weighted by molar-refractivity contribution is -0.181. The Bertz CT molecular complexity index is 699. The van der Waals surface area contributed by atoms with E-state index in [1.807, 2.05) is 0 Å². The zero-order valence-electron chi connectivity index (χ0n) is 16.3. The van der Waals surface area contributed by atoms with Crippen LogP contribution >= 0.6 is 0 Å². The first-order valence-electron chi connectivity index (χ1n) is 10.5. The average Bonchev–Trinajstić information content (AvgIpc) is 3.02. The summed E-state index contributed by atoms with van der Waals surface area (Å²) in [5, 5.41) is 3.13. The number of likely N-dealkylation sites (tertiary alicyclic amines) is 1. The van der Waals surface area contributed by atoms with E-state index in [2.05, 4.69) is 10.3 Å². The molecule has 1 aliphatic carbocycles. The minimum Gasteiger partial charge on any atom is -0.349 e. The van der Waals surface area contributed by atoms with E-state index in [-0.39, 0.29) is 17.9 Å². The van der Waals surface area contributed by atoms with Crippen LogP contribution in [-0.4, -0.2) is 59.8 Å². The quantitative estimate of drug-likeness (QED) is 0.806. The van der Waals surface area contributed by atoms with Gasteiger partial charge in [-0.1, -0.05) is 25.7 Å². The van der Waals surface area contributed by atoms with Crippen LogP contribution in [0.1, 0.15) is 72.2 Å². The van der Waals surface area contributed by atoms with Gasteiger partial charge in [0, 0.05) is 43.7 Å². The minimum atomic E-state index is -0.509. The molecule has 0 radical (unpaired) electrons. The highest BCUT2D eigenvalue weighted by molar-refractivity contribution is 5.98. The summed E-state index contributed by atoms with van der Waals surface area (Å²) in [4.78, 5) is 31.5. The zero-order chi connectivity index (χ0) is 19.4. The predicted molar refractivity (Wildman–Crippen MR) is 103 cm³/mol. The number of amides is 2. The van der Waals surface area contributed by atoms with E-state index < -0.39 is 5.79 Å². The van der Waals surface area contributed by atoms with Crippen molar-refractivity contribution in [2.75, 3.05) is 26.3 Å². The van der Waals surface area contributed by atoms with Gasteiger partial charge in [0.15, 0.2) is 5.79 Å². The summed E-state index contributed by atoms with van der Waals surface area (Å²) >= 11 is 0. The van der Waals surface area contributed by atoms with E-state index in [0.717, 1.165) is 25.7 Å². The predicted octanol–water partition coefficient (Wildman–Crippen LogP) is 2.51. The summed E-state index contributed by atoms with van der Waals surface area (Å²) in [6.07, 6.45) is 9.75. The van der Waals surface area contributed by atoms with E-state index >= 15 is 0 Å². The van der Waals surface area contributed by atoms with Crippen LogP contribution in [0.3, 0.4) is 0 Å². The summed E-state index contributed by atoms with van der Waals surface area (Å²) < 4.78 is 11.4. The van der Waals surface area contributed by atoms with Crippen molar-refractivity contribution < 1.29 is 19.1 Å². The second kappa shape index (κ2) is 8.57. The van der Waals surface area contributed by atoms with Crippen LogP contribution < -0.4 is 5.32 Å². The Kier molecular flexibility index (Phi) is 5.92. The number of piperidine rings is 1. The van der Waals surface area contributed by atoms with Crippen LogP contribution in [0.2, 0.25) is 0 Å². The highest BCUT2D eigenvalue weighted by atomic mass is 16.7. The van der Waals surface area contributed by atoms with Gasteiger partial charge in [-0.05, 0) is 25.0 Å². The molecule has 2 aliphatic heterocycles. The average molecular weight is 387 g/mol. The van der Waals surface area contributed by atoms with E-state index in [9.17, 15) is 9.59 Å². The Morgan fingerprint density at radius 1 is 1.07 bits per heavy atom. The summed E-state index contributed by atoms with van der Waals surface area (Å²) in [7, 11) is 0. The van der Waals surface area contributed by atoms with Gasteiger partial charge in [-0.15, -0.1) is 0 Å². The molecule has 1 aromatic rings. The summed E-state index contributed by atoms with van der Waals surface area (Å²) in [5.41, 5.74) is 0.816. The van der Waals surface area contributed by atoms with E-state index in [1.165, 1.54) is 12.8 Å². The van der Waals surface area contributed by atoms with Crippen molar-refractivity contribution in [1.29, 1.82) is 0 Å². The van der Waals surface area contributed by atoms with Gasteiger partial charge in [0.2, 0.25) is 0 Å². The van der Waals surface area contributed by atoms with Crippen molar-refractivity contribution in [1.82, 2.24) is 15.2 Å². The number of aromatic nitrogens is 1. The zero-order valence-corrected chi connectivity index (χ0v) is 16.3. The van der Waals surface area contributed by atoms with Crippen LogP contribution in [0, 0.1) is 0 Å². The maximum Gasteiger partial charge on any atom is 0.272 e. The fourth-order valence-corrected chi connectivity index (χ4v) is 4.38. The number of carbonyl (C=O) groups is 2. The second-order valence-electron chi connectivity index (χ2n) is 7.99. The number of ether oxygens (including phenoxy) is 2. The first-order chi connectivity index (χ1) is 13.7. The number of nitrogens with zero attached hydrogens (tertiary/aromatic N) is 2. The number of hydrogen-bond acceptors (Lipinski definition) is 5. The van der Waals surface area contributed by atoms with Gasteiger partial charge in [-0.3, -0.25) is 14.6 Å². The van der Waals surface area contributed by atoms with Crippen molar-refractivity contribution in [3.63, 3.8) is 0 Å². The van der Waals surface area contributed by atoms with Crippen LogP contribution in [0.4, 0.5) is 0 Å². The molecule has 1 saturated carbocycles. The van der Waals surface area contributed by atoms with Gasteiger partial charge < -0.3 is 19.7 Å². The standard InChI is InChI=1S/C21H29N3O4/c25-19(23-17-5-3-1-2-4-6-17)16-7-10-22-18(15-16)20(26)24-11-8-21(9-12-24)27-13-14-28-21/h7,10,15,17H,1-6,8-9,11-14H2,(H,23,25). The number of nitrogens with one attached hydrogen (secondary N) is 1. The van der Waals surface area contributed by atoms with Crippen LogP contribution in [0.25, 0.3) is 0 Å². The lowest BCUT2D eigenvalue weighted by Crippen LogP contribution is -2.47. The molecule has 3 aliphatic rings. The molecule has 3 fully saturated rings. The molecule has 4 rings (SSSR count). The molecule has 1 N–H and O–H groups in total. The molecule has 1 aromatic heterocycles. The molecule has 7 nitrogen and oxygen atoms in total. The van der Waals surface area contributed by atoms with Gasteiger partial charge in [0.25, 0.3) is 11.8 Å². The molecule has 2 saturated heterocycles. The van der Waals surface area contributed by atoms with Gasteiger partial charge in [-0.25, -0.2) is 0 Å². The molecule has 152 valence electrons. The fraction of sp³-hybridized carbons (Fsp3) is 0.667. The summed E-state index contributed by atoms with van der Waals surface area (Å²) in [6, 6.07) is 3.52. The normalized spacial score (nSPS) is 22.8. The van der Waals surface area contributed by atoms with Gasteiger partial charge in [0.1, 0.15) is 5.69 Å². The molecule has 28 heavy (non-hydrogen) atoms. The summed E-state index contributed by atoms with van der Waals surface area (Å²) in [5.74, 6) is -0.768. The number of rotatable bonds is 3. The lowest BCUT2D eigenvalue weighted by atomic mass is 10.0. The molecule has 1 spiro atoms. The third-order valence-electron chi connectivity index (χ3n) is 6.06. The topological polar surface area (TPSA) is 80.8 Å². The Morgan fingerprint density at radius 3 is 2.43 bits per heavy atom. The maximum absolute atomic E-state index is 12.9. The molecule has 3 heterocycles. The molecular weight excluding hydrogens is 358 g/mol. The summed E-state index contributed by atoms with van der Waals surface area (Å²) in [6.45, 7) is 2.37. The first-order valence-corrected chi connectivity index (χ1v) is 10.5. The van der Waals surface area contributed by atoms with Crippen molar-refractivity contribution in [2.24, 2.45) is 0 Å². The van der Waals surface area contributed by atoms with E-state index in [0.29, 0.717) is 50.4 Å². The second-order valence-corrected chi connectivity index (χ2v) is 7.99. The minimum absolute atomic E-state index is 0.117. The van der Waals surface area contributed by atoms with Gasteiger partial charge >= 0.3 is 0 Å². The third kappa shape index (κ3) is 4.36. The van der Waals surface area contributed by atoms with Crippen LogP contribution in [0.5, 0.6) is 0 Å². The van der Waals surface area contributed by atoms with Gasteiger partial charge in [-0.2, -0.15) is 0 Å². The van der Waals surface area contributed by atoms with Crippen molar-refractivity contribution in [3.8, 4) is 0 Å². The molecule has 2 amide bonds. The highest BCUT2D eigenvalue weighted by Crippen LogP contribution is 2.31. The van der Waals surface area contributed by atoms with E-state index in [4.69, 9.17) is 9.47 Å². The number of carbonyl (C=O) groups excluding carboxylic acids is 2. The monoisotopic (exact) mass is 387 g/mol. The van der Waals surface area contributed by atoms with Crippen LogP contribution in [0.15, 0.2) is 18.3 Å². The Morgan fingerprint density at radius 2 is 1.75 bits per heavy atom. The molecule has 0 atom stereocenters. The first kappa shape index (κ1) is 19.3. The Hall–Kier alpha value is -1.99. The van der Waals surface area contributed by atoms with Crippen molar-refractivity contribution in [2.45, 2.75) is 63.2 Å². The largest absolute Gasteiger partial charge is 0.349 e. The van der Waals surface area contributed by atoms with Crippen LogP contribution in [-0.2, 0) is 9.47 Å². The lowest BCUT2D eigenvalue weighted by Gasteiger charge is -2.37. The SMILES string of the molecule is O=C(NC1CCCCCC1)c1ccnc(C(=O)N2CCC3(CC2)OCCO3)c1. The number of pyridine rings is 1. The smallest absolute Gasteiger partial charge is 0.272 e. The molecule has 0 bridgehead atoms. The molecule has 7 heteroatoms. The Labute approximate surface area is 165 Å². The molecule has 0 unspecified atom stereocenters. The van der Waals surface area contributed by atoms with E-state index in [1.54, 1.807) is 23.2 Å². The third-order valence-corrected chi connectivity index (χ3v) is 6.06. The van der Waals surface area contributed by atoms with Crippen molar-refractivity contribution >= 4 is 11.8 Å². The Balaban J connectivity index is 1.37. The number of hydrogen-bond donors (Lipinski definition) is 1. The van der Waals surface area contributed by atoms with Crippen molar-refractivity contribution in [3.05, 3.63) is 29.6 Å². The maximum atomic E-state index is 12.9. The highest BCUT2D eigenvalue weighted by Gasteiger charge is 2.41. The van der Waals surface area contributed by atoms with Gasteiger partial charge in [0.05, 0.1) is 13.2 Å². The molecular formula is C21H29N3O4.